The molecule has 3 aromatic rings. The van der Waals surface area contributed by atoms with E-state index in [1.165, 1.54) is 6.33 Å². The molecule has 0 spiro atoms. The Balaban J connectivity index is 1.81. The van der Waals surface area contributed by atoms with Crippen LogP contribution in [0.5, 0.6) is 0 Å². The summed E-state index contributed by atoms with van der Waals surface area (Å²) < 4.78 is 0. The topological polar surface area (TPSA) is 63.1 Å². The van der Waals surface area contributed by atoms with E-state index in [9.17, 15) is 0 Å². The van der Waals surface area contributed by atoms with Gasteiger partial charge in [0.25, 0.3) is 0 Å². The summed E-state index contributed by atoms with van der Waals surface area (Å²) in [7, 11) is 0. The molecule has 5 nitrogen and oxygen atoms in total. The minimum atomic E-state index is 0.702. The SMILES string of the molecule is C(=N\Nc1ncnc2sccc12)/c1ccccn1. The Morgan fingerprint density at radius 1 is 1.17 bits per heavy atom. The molecule has 0 bridgehead atoms. The Labute approximate surface area is 107 Å². The zero-order valence-corrected chi connectivity index (χ0v) is 10.1. The fourth-order valence-electron chi connectivity index (χ4n) is 1.49. The van der Waals surface area contributed by atoms with E-state index in [0.29, 0.717) is 5.82 Å². The number of pyridine rings is 1. The molecule has 6 heteroatoms. The van der Waals surface area contributed by atoms with Crippen molar-refractivity contribution in [3.63, 3.8) is 0 Å². The molecule has 88 valence electrons. The van der Waals surface area contributed by atoms with Crippen LogP contribution in [0.25, 0.3) is 10.2 Å². The van der Waals surface area contributed by atoms with Gasteiger partial charge in [0.2, 0.25) is 0 Å². The fourth-order valence-corrected chi connectivity index (χ4v) is 2.22. The van der Waals surface area contributed by atoms with Crippen LogP contribution >= 0.6 is 11.3 Å². The molecule has 0 aromatic carbocycles. The Kier molecular flexibility index (Phi) is 2.93. The number of fused-ring (bicyclic) bond motifs is 1. The van der Waals surface area contributed by atoms with Gasteiger partial charge in [-0.25, -0.2) is 9.97 Å². The standard InChI is InChI=1S/C12H9N5S/c1-2-5-13-9(3-1)7-16-17-11-10-4-6-18-12(10)15-8-14-11/h1-8H,(H,14,15,17)/b16-7+. The van der Waals surface area contributed by atoms with Crippen molar-refractivity contribution in [1.29, 1.82) is 0 Å². The maximum absolute atomic E-state index is 4.17. The molecular weight excluding hydrogens is 246 g/mol. The zero-order chi connectivity index (χ0) is 12.2. The third-order valence-corrected chi connectivity index (χ3v) is 3.14. The fraction of sp³-hybridized carbons (Fsp3) is 0. The molecule has 0 saturated heterocycles. The average molecular weight is 255 g/mol. The van der Waals surface area contributed by atoms with Crippen LogP contribution in [-0.4, -0.2) is 21.2 Å². The molecular formula is C12H9N5S. The minimum Gasteiger partial charge on any atom is -0.261 e. The molecule has 0 amide bonds. The number of nitrogens with zero attached hydrogens (tertiary/aromatic N) is 4. The van der Waals surface area contributed by atoms with Gasteiger partial charge in [-0.3, -0.25) is 10.4 Å². The van der Waals surface area contributed by atoms with Crippen molar-refractivity contribution in [2.75, 3.05) is 5.43 Å². The highest BCUT2D eigenvalue weighted by atomic mass is 32.1. The second-order valence-corrected chi connectivity index (χ2v) is 4.38. The van der Waals surface area contributed by atoms with E-state index >= 15 is 0 Å². The van der Waals surface area contributed by atoms with Crippen LogP contribution in [-0.2, 0) is 0 Å². The largest absolute Gasteiger partial charge is 0.261 e. The van der Waals surface area contributed by atoms with Crippen molar-refractivity contribution in [1.82, 2.24) is 15.0 Å². The monoisotopic (exact) mass is 255 g/mol. The first-order valence-electron chi connectivity index (χ1n) is 5.32. The van der Waals surface area contributed by atoms with E-state index in [0.717, 1.165) is 15.9 Å². The summed E-state index contributed by atoms with van der Waals surface area (Å²) in [6.45, 7) is 0. The minimum absolute atomic E-state index is 0.702. The number of thiophene rings is 1. The lowest BCUT2D eigenvalue weighted by atomic mass is 10.4. The molecule has 0 unspecified atom stereocenters. The van der Waals surface area contributed by atoms with Crippen molar-refractivity contribution in [3.05, 3.63) is 47.9 Å². The first-order chi connectivity index (χ1) is 8.93. The maximum atomic E-state index is 4.17. The molecule has 3 heterocycles. The van der Waals surface area contributed by atoms with E-state index in [1.807, 2.05) is 29.6 Å². The first-order valence-corrected chi connectivity index (χ1v) is 6.20. The highest BCUT2D eigenvalue weighted by Crippen LogP contribution is 2.23. The molecule has 0 fully saturated rings. The van der Waals surface area contributed by atoms with Crippen LogP contribution in [0.3, 0.4) is 0 Å². The first kappa shape index (κ1) is 10.8. The van der Waals surface area contributed by atoms with Gasteiger partial charge in [0, 0.05) is 6.20 Å². The van der Waals surface area contributed by atoms with Crippen LogP contribution in [0.15, 0.2) is 47.3 Å². The zero-order valence-electron chi connectivity index (χ0n) is 9.32. The van der Waals surface area contributed by atoms with E-state index in [1.54, 1.807) is 23.7 Å². The van der Waals surface area contributed by atoms with E-state index in [-0.39, 0.29) is 0 Å². The predicted octanol–water partition coefficient (Wildman–Crippen LogP) is 2.53. The average Bonchev–Trinajstić information content (AvgIpc) is 2.89. The number of anilines is 1. The van der Waals surface area contributed by atoms with Gasteiger partial charge < -0.3 is 0 Å². The summed E-state index contributed by atoms with van der Waals surface area (Å²) in [6, 6.07) is 7.63. The Morgan fingerprint density at radius 3 is 3.06 bits per heavy atom. The number of nitrogens with one attached hydrogen (secondary N) is 1. The molecule has 18 heavy (non-hydrogen) atoms. The molecule has 0 aliphatic heterocycles. The van der Waals surface area contributed by atoms with Crippen LogP contribution in [0, 0.1) is 0 Å². The second-order valence-electron chi connectivity index (χ2n) is 3.49. The molecule has 0 atom stereocenters. The number of hydrogen-bond acceptors (Lipinski definition) is 6. The lowest BCUT2D eigenvalue weighted by Crippen LogP contribution is -1.95. The quantitative estimate of drug-likeness (QED) is 0.577. The van der Waals surface area contributed by atoms with E-state index < -0.39 is 0 Å². The summed E-state index contributed by atoms with van der Waals surface area (Å²) in [4.78, 5) is 13.4. The molecule has 0 radical (unpaired) electrons. The normalized spacial score (nSPS) is 11.1. The van der Waals surface area contributed by atoms with Gasteiger partial charge in [-0.15, -0.1) is 11.3 Å². The molecule has 0 aliphatic carbocycles. The third-order valence-electron chi connectivity index (χ3n) is 2.32. The summed E-state index contributed by atoms with van der Waals surface area (Å²) in [5.41, 5.74) is 3.70. The number of aromatic nitrogens is 3. The van der Waals surface area contributed by atoms with Gasteiger partial charge in [-0.2, -0.15) is 5.10 Å². The molecule has 0 saturated carbocycles. The van der Waals surface area contributed by atoms with Crippen molar-refractivity contribution in [2.45, 2.75) is 0 Å². The lowest BCUT2D eigenvalue weighted by molar-refractivity contribution is 1.19. The van der Waals surface area contributed by atoms with Crippen molar-refractivity contribution in [3.8, 4) is 0 Å². The predicted molar refractivity (Wildman–Crippen MR) is 72.9 cm³/mol. The van der Waals surface area contributed by atoms with Gasteiger partial charge in [0.15, 0.2) is 5.82 Å². The molecule has 3 aromatic heterocycles. The second kappa shape index (κ2) is 4.89. The van der Waals surface area contributed by atoms with Gasteiger partial charge >= 0.3 is 0 Å². The summed E-state index contributed by atoms with van der Waals surface area (Å²) in [5.74, 6) is 0.702. The van der Waals surface area contributed by atoms with Crippen LogP contribution in [0.4, 0.5) is 5.82 Å². The van der Waals surface area contributed by atoms with Crippen molar-refractivity contribution >= 4 is 33.6 Å². The van der Waals surface area contributed by atoms with E-state index in [4.69, 9.17) is 0 Å². The maximum Gasteiger partial charge on any atom is 0.158 e. The van der Waals surface area contributed by atoms with Gasteiger partial charge in [0.1, 0.15) is 11.2 Å². The highest BCUT2D eigenvalue weighted by molar-refractivity contribution is 7.16. The summed E-state index contributed by atoms with van der Waals surface area (Å²) in [5, 5.41) is 7.07. The van der Waals surface area contributed by atoms with Gasteiger partial charge in [0.05, 0.1) is 17.3 Å². The van der Waals surface area contributed by atoms with Crippen molar-refractivity contribution in [2.24, 2.45) is 5.10 Å². The Bertz CT molecular complexity index is 677. The molecule has 1 N–H and O–H groups in total. The molecule has 0 aliphatic rings. The Morgan fingerprint density at radius 2 is 2.17 bits per heavy atom. The smallest absolute Gasteiger partial charge is 0.158 e. The number of rotatable bonds is 3. The third kappa shape index (κ3) is 2.18. The molecule has 3 rings (SSSR count). The number of hydrogen-bond donors (Lipinski definition) is 1. The van der Waals surface area contributed by atoms with Crippen molar-refractivity contribution < 1.29 is 0 Å². The highest BCUT2D eigenvalue weighted by Gasteiger charge is 2.02. The summed E-state index contributed by atoms with van der Waals surface area (Å²) >= 11 is 1.58. The van der Waals surface area contributed by atoms with Crippen LogP contribution in [0.2, 0.25) is 0 Å². The number of hydrazone groups is 1. The van der Waals surface area contributed by atoms with Gasteiger partial charge in [-0.1, -0.05) is 6.07 Å². The van der Waals surface area contributed by atoms with Crippen LogP contribution in [0.1, 0.15) is 5.69 Å². The lowest BCUT2D eigenvalue weighted by Gasteiger charge is -1.99. The van der Waals surface area contributed by atoms with Gasteiger partial charge in [-0.05, 0) is 23.6 Å². The van der Waals surface area contributed by atoms with Crippen LogP contribution < -0.4 is 5.43 Å². The Hall–Kier alpha value is -2.34. The van der Waals surface area contributed by atoms with E-state index in [2.05, 4.69) is 25.5 Å². The summed E-state index contributed by atoms with van der Waals surface area (Å²) in [6.07, 6.45) is 4.90.